The Labute approximate surface area is 74.3 Å². The van der Waals surface area contributed by atoms with Crippen molar-refractivity contribution in [2.45, 2.75) is 52.1 Å². The van der Waals surface area contributed by atoms with Crippen molar-refractivity contribution in [2.24, 2.45) is 5.92 Å². The van der Waals surface area contributed by atoms with E-state index in [-0.39, 0.29) is 18.0 Å². The lowest BCUT2D eigenvalue weighted by Gasteiger charge is -2.02. The van der Waals surface area contributed by atoms with E-state index in [4.69, 9.17) is 4.74 Å². The molecule has 0 amide bonds. The van der Waals surface area contributed by atoms with Crippen molar-refractivity contribution in [1.82, 2.24) is 0 Å². The van der Waals surface area contributed by atoms with E-state index in [0.717, 1.165) is 12.8 Å². The minimum Gasteiger partial charge on any atom is -0.462 e. The fourth-order valence-corrected chi connectivity index (χ4v) is 1.72. The third kappa shape index (κ3) is 2.50. The van der Waals surface area contributed by atoms with Crippen molar-refractivity contribution >= 4 is 5.97 Å². The van der Waals surface area contributed by atoms with Crippen LogP contribution in [0.4, 0.5) is 0 Å². The number of carbonyl (C=O) groups excluding carboxylic acids is 1. The summed E-state index contributed by atoms with van der Waals surface area (Å²) in [6.45, 7) is 4.15. The zero-order valence-electron chi connectivity index (χ0n) is 8.01. The van der Waals surface area contributed by atoms with Crippen molar-refractivity contribution in [3.05, 3.63) is 0 Å². The summed E-state index contributed by atoms with van der Waals surface area (Å²) < 4.78 is 5.07. The van der Waals surface area contributed by atoms with Gasteiger partial charge >= 0.3 is 5.97 Å². The number of hydrogen-bond acceptors (Lipinski definition) is 2. The van der Waals surface area contributed by atoms with Crippen LogP contribution in [0.5, 0.6) is 0 Å². The number of ether oxygens (including phenoxy) is 1. The lowest BCUT2D eigenvalue weighted by molar-refractivity contribution is -0.143. The number of carbonyl (C=O) groups is 1. The molecule has 12 heavy (non-hydrogen) atoms. The van der Waals surface area contributed by atoms with Crippen LogP contribution >= 0.6 is 0 Å². The molecule has 0 radical (unpaired) electrons. The Balaban J connectivity index is 2.19. The van der Waals surface area contributed by atoms with Gasteiger partial charge in [0.15, 0.2) is 0 Å². The highest BCUT2D eigenvalue weighted by Crippen LogP contribution is 2.25. The molecule has 1 unspecified atom stereocenters. The van der Waals surface area contributed by atoms with Crippen molar-refractivity contribution in [2.75, 3.05) is 0 Å². The zero-order valence-corrected chi connectivity index (χ0v) is 8.01. The molecule has 0 aromatic carbocycles. The van der Waals surface area contributed by atoms with E-state index < -0.39 is 0 Å². The second-order valence-corrected chi connectivity index (χ2v) is 3.68. The molecule has 0 N–H and O–H groups in total. The Morgan fingerprint density at radius 3 is 2.75 bits per heavy atom. The number of rotatable bonds is 4. The van der Waals surface area contributed by atoms with E-state index in [9.17, 15) is 4.79 Å². The van der Waals surface area contributed by atoms with E-state index in [1.807, 2.05) is 6.92 Å². The molecule has 2 heteroatoms. The molecule has 70 valence electrons. The molecule has 1 saturated heterocycles. The van der Waals surface area contributed by atoms with Crippen molar-refractivity contribution in [3.8, 4) is 0 Å². The maximum atomic E-state index is 11.2. The standard InChI is InChI=1S/C10H18O2/c1-3-4-5-6-9-7-8(2)12-10(9)11/h8-9H,3-7H2,1-2H3/t8-,9?/m0/s1. The summed E-state index contributed by atoms with van der Waals surface area (Å²) in [5, 5.41) is 0. The lowest BCUT2D eigenvalue weighted by atomic mass is 9.98. The van der Waals surface area contributed by atoms with E-state index >= 15 is 0 Å². The Bertz CT molecular complexity index is 154. The number of hydrogen-bond donors (Lipinski definition) is 0. The molecule has 0 aliphatic carbocycles. The van der Waals surface area contributed by atoms with Gasteiger partial charge in [0.2, 0.25) is 0 Å². The van der Waals surface area contributed by atoms with Gasteiger partial charge in [-0.3, -0.25) is 4.79 Å². The predicted molar refractivity (Wildman–Crippen MR) is 47.8 cm³/mol. The summed E-state index contributed by atoms with van der Waals surface area (Å²) in [5.41, 5.74) is 0. The van der Waals surface area contributed by atoms with E-state index in [1.54, 1.807) is 0 Å². The van der Waals surface area contributed by atoms with Crippen LogP contribution < -0.4 is 0 Å². The largest absolute Gasteiger partial charge is 0.462 e. The first-order valence-electron chi connectivity index (χ1n) is 4.94. The third-order valence-corrected chi connectivity index (χ3v) is 2.42. The van der Waals surface area contributed by atoms with Gasteiger partial charge < -0.3 is 4.74 Å². The summed E-state index contributed by atoms with van der Waals surface area (Å²) in [5.74, 6) is 0.227. The normalized spacial score (nSPS) is 29.0. The number of esters is 1. The van der Waals surface area contributed by atoms with Gasteiger partial charge in [-0.2, -0.15) is 0 Å². The minimum atomic E-state index is 0.0265. The van der Waals surface area contributed by atoms with E-state index in [2.05, 4.69) is 6.92 Å². The molecule has 0 aromatic rings. The molecule has 0 bridgehead atoms. The highest BCUT2D eigenvalue weighted by molar-refractivity contribution is 5.74. The average Bonchev–Trinajstić information content (AvgIpc) is 2.31. The first kappa shape index (κ1) is 9.56. The van der Waals surface area contributed by atoms with Gasteiger partial charge in [-0.1, -0.05) is 26.2 Å². The molecule has 1 aliphatic rings. The van der Waals surface area contributed by atoms with Crippen molar-refractivity contribution in [3.63, 3.8) is 0 Å². The van der Waals surface area contributed by atoms with Crippen LogP contribution in [0.25, 0.3) is 0 Å². The minimum absolute atomic E-state index is 0.0265. The third-order valence-electron chi connectivity index (χ3n) is 2.42. The van der Waals surface area contributed by atoms with Gasteiger partial charge in [0.1, 0.15) is 0 Å². The Kier molecular flexibility index (Phi) is 3.57. The maximum absolute atomic E-state index is 11.2. The summed E-state index contributed by atoms with van der Waals surface area (Å²) in [6, 6.07) is 0. The van der Waals surface area contributed by atoms with Gasteiger partial charge in [-0.05, 0) is 19.8 Å². The number of cyclic esters (lactones) is 1. The molecule has 0 saturated carbocycles. The van der Waals surface area contributed by atoms with Crippen LogP contribution in [-0.4, -0.2) is 12.1 Å². The summed E-state index contributed by atoms with van der Waals surface area (Å²) in [7, 11) is 0. The first-order valence-corrected chi connectivity index (χ1v) is 4.94. The molecular formula is C10H18O2. The van der Waals surface area contributed by atoms with Gasteiger partial charge in [0, 0.05) is 0 Å². The Morgan fingerprint density at radius 1 is 1.50 bits per heavy atom. The molecule has 1 aliphatic heterocycles. The maximum Gasteiger partial charge on any atom is 0.309 e. The van der Waals surface area contributed by atoms with Crippen LogP contribution in [0.3, 0.4) is 0 Å². The quantitative estimate of drug-likeness (QED) is 0.478. The second-order valence-electron chi connectivity index (χ2n) is 3.68. The molecular weight excluding hydrogens is 152 g/mol. The highest BCUT2D eigenvalue weighted by atomic mass is 16.5. The first-order chi connectivity index (χ1) is 5.74. The van der Waals surface area contributed by atoms with Gasteiger partial charge in [-0.15, -0.1) is 0 Å². The molecule has 1 rings (SSSR count). The van der Waals surface area contributed by atoms with Gasteiger partial charge in [0.25, 0.3) is 0 Å². The molecule has 0 spiro atoms. The molecule has 2 nitrogen and oxygen atoms in total. The molecule has 2 atom stereocenters. The van der Waals surface area contributed by atoms with Crippen LogP contribution in [0.1, 0.15) is 46.0 Å². The van der Waals surface area contributed by atoms with Crippen LogP contribution in [0.15, 0.2) is 0 Å². The summed E-state index contributed by atoms with van der Waals surface area (Å²) >= 11 is 0. The van der Waals surface area contributed by atoms with Crippen molar-refractivity contribution in [1.29, 1.82) is 0 Å². The summed E-state index contributed by atoms with van der Waals surface area (Å²) in [6.07, 6.45) is 5.74. The predicted octanol–water partition coefficient (Wildman–Crippen LogP) is 2.52. The lowest BCUT2D eigenvalue weighted by Crippen LogP contribution is -2.06. The highest BCUT2D eigenvalue weighted by Gasteiger charge is 2.30. The Morgan fingerprint density at radius 2 is 2.25 bits per heavy atom. The van der Waals surface area contributed by atoms with E-state index in [0.29, 0.717) is 0 Å². The van der Waals surface area contributed by atoms with Crippen LogP contribution in [0, 0.1) is 5.92 Å². The van der Waals surface area contributed by atoms with Crippen LogP contribution in [-0.2, 0) is 9.53 Å². The monoisotopic (exact) mass is 170 g/mol. The molecule has 1 heterocycles. The van der Waals surface area contributed by atoms with Crippen molar-refractivity contribution < 1.29 is 9.53 Å². The van der Waals surface area contributed by atoms with E-state index in [1.165, 1.54) is 19.3 Å². The van der Waals surface area contributed by atoms with Gasteiger partial charge in [-0.25, -0.2) is 0 Å². The second kappa shape index (κ2) is 4.48. The fourth-order valence-electron chi connectivity index (χ4n) is 1.72. The molecule has 0 aromatic heterocycles. The smallest absolute Gasteiger partial charge is 0.309 e. The Hall–Kier alpha value is -0.530. The van der Waals surface area contributed by atoms with Crippen LogP contribution in [0.2, 0.25) is 0 Å². The zero-order chi connectivity index (χ0) is 8.97. The summed E-state index contributed by atoms with van der Waals surface area (Å²) in [4.78, 5) is 11.2. The topological polar surface area (TPSA) is 26.3 Å². The fraction of sp³-hybridized carbons (Fsp3) is 0.900. The SMILES string of the molecule is CCCCCC1C[C@H](C)OC1=O. The average molecular weight is 170 g/mol. The number of unbranched alkanes of at least 4 members (excludes halogenated alkanes) is 2. The van der Waals surface area contributed by atoms with Gasteiger partial charge in [0.05, 0.1) is 12.0 Å². The molecule has 1 fully saturated rings.